The van der Waals surface area contributed by atoms with Gasteiger partial charge >= 0.3 is 0 Å². The van der Waals surface area contributed by atoms with Crippen molar-refractivity contribution in [2.75, 3.05) is 5.32 Å². The zero-order valence-electron chi connectivity index (χ0n) is 12.6. The van der Waals surface area contributed by atoms with Crippen molar-refractivity contribution in [3.8, 4) is 0 Å². The van der Waals surface area contributed by atoms with E-state index in [2.05, 4.69) is 25.6 Å². The van der Waals surface area contributed by atoms with Gasteiger partial charge in [-0.25, -0.2) is 9.97 Å². The van der Waals surface area contributed by atoms with Gasteiger partial charge in [-0.05, 0) is 24.3 Å². The molecule has 8 heteroatoms. The SMILES string of the molecule is O=C(Cc1csc(Nc2ccc(Cl)cn2)n1)NCc1ccccn1. The molecule has 122 valence electrons. The molecule has 6 nitrogen and oxygen atoms in total. The second-order valence-corrected chi connectivity index (χ2v) is 6.20. The number of hydrogen-bond donors (Lipinski definition) is 2. The summed E-state index contributed by atoms with van der Waals surface area (Å²) in [4.78, 5) is 24.7. The highest BCUT2D eigenvalue weighted by Crippen LogP contribution is 2.20. The first-order valence-electron chi connectivity index (χ1n) is 7.18. The van der Waals surface area contributed by atoms with E-state index in [9.17, 15) is 4.79 Å². The smallest absolute Gasteiger partial charge is 0.226 e. The van der Waals surface area contributed by atoms with Gasteiger partial charge in [-0.15, -0.1) is 11.3 Å². The van der Waals surface area contributed by atoms with Crippen LogP contribution < -0.4 is 10.6 Å². The van der Waals surface area contributed by atoms with Gasteiger partial charge in [0.15, 0.2) is 5.13 Å². The standard InChI is InChI=1S/C16H14ClN5OS/c17-11-4-5-14(19-8-11)22-16-21-13(10-24-16)7-15(23)20-9-12-3-1-2-6-18-12/h1-6,8,10H,7,9H2,(H,20,23)(H,19,21,22). The lowest BCUT2D eigenvalue weighted by Crippen LogP contribution is -2.25. The minimum absolute atomic E-state index is 0.0953. The number of carbonyl (C=O) groups excluding carboxylic acids is 1. The molecular formula is C16H14ClN5OS. The molecule has 0 unspecified atom stereocenters. The Labute approximate surface area is 148 Å². The lowest BCUT2D eigenvalue weighted by atomic mass is 10.3. The van der Waals surface area contributed by atoms with Crippen LogP contribution in [0.1, 0.15) is 11.4 Å². The number of aromatic nitrogens is 3. The number of nitrogens with one attached hydrogen (secondary N) is 2. The molecule has 3 aromatic heterocycles. The van der Waals surface area contributed by atoms with E-state index in [-0.39, 0.29) is 12.3 Å². The number of anilines is 2. The number of pyridine rings is 2. The minimum atomic E-state index is -0.0953. The molecule has 0 aliphatic carbocycles. The number of carbonyl (C=O) groups is 1. The largest absolute Gasteiger partial charge is 0.350 e. The van der Waals surface area contributed by atoms with E-state index in [1.807, 2.05) is 23.6 Å². The van der Waals surface area contributed by atoms with E-state index in [4.69, 9.17) is 11.6 Å². The van der Waals surface area contributed by atoms with E-state index in [1.165, 1.54) is 11.3 Å². The average Bonchev–Trinajstić information content (AvgIpc) is 3.03. The first kappa shape index (κ1) is 16.4. The number of rotatable bonds is 6. The van der Waals surface area contributed by atoms with Gasteiger partial charge in [-0.2, -0.15) is 0 Å². The first-order chi connectivity index (χ1) is 11.7. The molecule has 2 N–H and O–H groups in total. The number of hydrogen-bond acceptors (Lipinski definition) is 6. The maximum atomic E-state index is 12.0. The summed E-state index contributed by atoms with van der Waals surface area (Å²) in [5.41, 5.74) is 1.52. The van der Waals surface area contributed by atoms with E-state index in [0.29, 0.717) is 28.2 Å². The fraction of sp³-hybridized carbons (Fsp3) is 0.125. The molecule has 3 aromatic rings. The maximum Gasteiger partial charge on any atom is 0.226 e. The molecule has 1 amide bonds. The molecular weight excluding hydrogens is 346 g/mol. The molecule has 3 rings (SSSR count). The van der Waals surface area contributed by atoms with Crippen LogP contribution in [0.15, 0.2) is 48.1 Å². The van der Waals surface area contributed by atoms with Crippen molar-refractivity contribution in [2.45, 2.75) is 13.0 Å². The highest BCUT2D eigenvalue weighted by molar-refractivity contribution is 7.13. The molecule has 24 heavy (non-hydrogen) atoms. The van der Waals surface area contributed by atoms with Gasteiger partial charge in [0.1, 0.15) is 5.82 Å². The van der Waals surface area contributed by atoms with Crippen LogP contribution in [0.5, 0.6) is 0 Å². The molecule has 0 aliphatic heterocycles. The molecule has 0 saturated carbocycles. The van der Waals surface area contributed by atoms with Crippen molar-refractivity contribution in [3.63, 3.8) is 0 Å². The summed E-state index contributed by atoms with van der Waals surface area (Å²) < 4.78 is 0. The quantitative estimate of drug-likeness (QED) is 0.706. The predicted molar refractivity (Wildman–Crippen MR) is 94.4 cm³/mol. The first-order valence-corrected chi connectivity index (χ1v) is 8.44. The Morgan fingerprint density at radius 2 is 2.08 bits per heavy atom. The fourth-order valence-electron chi connectivity index (χ4n) is 1.92. The Morgan fingerprint density at radius 1 is 1.17 bits per heavy atom. The van der Waals surface area contributed by atoms with Gasteiger partial charge < -0.3 is 10.6 Å². The lowest BCUT2D eigenvalue weighted by Gasteiger charge is -2.03. The summed E-state index contributed by atoms with van der Waals surface area (Å²) in [7, 11) is 0. The maximum absolute atomic E-state index is 12.0. The van der Waals surface area contributed by atoms with Gasteiger partial charge in [0.05, 0.1) is 29.4 Å². The number of halogens is 1. The molecule has 0 aliphatic rings. The molecule has 0 atom stereocenters. The average molecular weight is 360 g/mol. The molecule has 0 fully saturated rings. The predicted octanol–water partition coefficient (Wildman–Crippen LogP) is 3.19. The zero-order chi connectivity index (χ0) is 16.8. The van der Waals surface area contributed by atoms with Crippen LogP contribution in [0.3, 0.4) is 0 Å². The second kappa shape index (κ2) is 7.85. The van der Waals surface area contributed by atoms with Crippen molar-refractivity contribution in [1.29, 1.82) is 0 Å². The van der Waals surface area contributed by atoms with Gasteiger partial charge in [0.25, 0.3) is 0 Å². The van der Waals surface area contributed by atoms with Crippen molar-refractivity contribution in [2.24, 2.45) is 0 Å². The Hall–Kier alpha value is -2.51. The third-order valence-corrected chi connectivity index (χ3v) is 4.08. The topological polar surface area (TPSA) is 79.8 Å². The van der Waals surface area contributed by atoms with Crippen LogP contribution in [0.2, 0.25) is 5.02 Å². The van der Waals surface area contributed by atoms with Crippen LogP contribution in [-0.4, -0.2) is 20.9 Å². The summed E-state index contributed by atoms with van der Waals surface area (Å²) in [5.74, 6) is 0.557. The molecule has 0 aromatic carbocycles. The third kappa shape index (κ3) is 4.74. The van der Waals surface area contributed by atoms with Crippen LogP contribution >= 0.6 is 22.9 Å². The van der Waals surface area contributed by atoms with Gasteiger partial charge in [-0.1, -0.05) is 17.7 Å². The number of nitrogens with zero attached hydrogens (tertiary/aromatic N) is 3. The van der Waals surface area contributed by atoms with Crippen LogP contribution in [0.25, 0.3) is 0 Å². The third-order valence-electron chi connectivity index (χ3n) is 3.05. The van der Waals surface area contributed by atoms with Crippen LogP contribution in [-0.2, 0) is 17.8 Å². The molecule has 0 radical (unpaired) electrons. The summed E-state index contributed by atoms with van der Waals surface area (Å²) >= 11 is 7.22. The summed E-state index contributed by atoms with van der Waals surface area (Å²) in [6, 6.07) is 9.10. The lowest BCUT2D eigenvalue weighted by molar-refractivity contribution is -0.120. The van der Waals surface area contributed by atoms with E-state index < -0.39 is 0 Å². The summed E-state index contributed by atoms with van der Waals surface area (Å²) in [6.07, 6.45) is 3.48. The highest BCUT2D eigenvalue weighted by atomic mass is 35.5. The van der Waals surface area contributed by atoms with Crippen molar-refractivity contribution < 1.29 is 4.79 Å². The monoisotopic (exact) mass is 359 g/mol. The highest BCUT2D eigenvalue weighted by Gasteiger charge is 2.08. The van der Waals surface area contributed by atoms with Gasteiger partial charge in [0.2, 0.25) is 5.91 Å². The summed E-state index contributed by atoms with van der Waals surface area (Å²) in [5, 5.41) is 9.00. The number of thiazole rings is 1. The van der Waals surface area contributed by atoms with Crippen LogP contribution in [0, 0.1) is 0 Å². The van der Waals surface area contributed by atoms with E-state index >= 15 is 0 Å². The van der Waals surface area contributed by atoms with Crippen molar-refractivity contribution >= 4 is 39.8 Å². The fourth-order valence-corrected chi connectivity index (χ4v) is 2.75. The normalized spacial score (nSPS) is 10.4. The molecule has 0 bridgehead atoms. The zero-order valence-corrected chi connectivity index (χ0v) is 14.1. The Morgan fingerprint density at radius 3 is 2.83 bits per heavy atom. The van der Waals surface area contributed by atoms with E-state index in [0.717, 1.165) is 5.69 Å². The summed E-state index contributed by atoms with van der Waals surface area (Å²) in [6.45, 7) is 0.406. The second-order valence-electron chi connectivity index (χ2n) is 4.91. The van der Waals surface area contributed by atoms with Gasteiger partial charge in [-0.3, -0.25) is 9.78 Å². The Balaban J connectivity index is 1.51. The van der Waals surface area contributed by atoms with Crippen LogP contribution in [0.4, 0.5) is 10.9 Å². The molecule has 0 spiro atoms. The molecule has 3 heterocycles. The molecule has 0 saturated heterocycles. The van der Waals surface area contributed by atoms with Gasteiger partial charge in [0, 0.05) is 17.8 Å². The van der Waals surface area contributed by atoms with Crippen molar-refractivity contribution in [1.82, 2.24) is 20.3 Å². The Kier molecular flexibility index (Phi) is 5.35. The Bertz CT molecular complexity index is 807. The number of amides is 1. The van der Waals surface area contributed by atoms with Crippen molar-refractivity contribution in [3.05, 3.63) is 64.5 Å². The van der Waals surface area contributed by atoms with E-state index in [1.54, 1.807) is 24.5 Å². The minimum Gasteiger partial charge on any atom is -0.350 e.